The summed E-state index contributed by atoms with van der Waals surface area (Å²) < 4.78 is 10.5. The molecule has 1 aliphatic rings. The molecule has 1 atom stereocenters. The van der Waals surface area contributed by atoms with E-state index < -0.39 is 0 Å². The Hall–Kier alpha value is -0.760. The van der Waals surface area contributed by atoms with Crippen LogP contribution in [-0.4, -0.2) is 19.3 Å². The Bertz CT molecular complexity index is 178. The second-order valence-corrected chi connectivity index (χ2v) is 2.78. The highest BCUT2D eigenvalue weighted by atomic mass is 16.6. The van der Waals surface area contributed by atoms with Crippen LogP contribution in [0.5, 0.6) is 0 Å². The fraction of sp³-hybridized carbons (Fsp3) is 0.600. The van der Waals surface area contributed by atoms with E-state index in [1.165, 1.54) is 0 Å². The topological polar surface area (TPSA) is 21.8 Å². The summed E-state index contributed by atoms with van der Waals surface area (Å²) in [5, 5.41) is 0. The quantitative estimate of drug-likeness (QED) is 0.357. The molecule has 68 valence electrons. The number of rotatable bonds is 5. The van der Waals surface area contributed by atoms with Gasteiger partial charge in [-0.05, 0) is 13.0 Å². The van der Waals surface area contributed by atoms with E-state index in [9.17, 15) is 0 Å². The molecule has 0 radical (unpaired) electrons. The number of ether oxygens (including phenoxy) is 2. The van der Waals surface area contributed by atoms with Crippen molar-refractivity contribution in [2.24, 2.45) is 0 Å². The molecule has 0 aromatic heterocycles. The Morgan fingerprint density at radius 2 is 2.42 bits per heavy atom. The average molecular weight is 168 g/mol. The van der Waals surface area contributed by atoms with Crippen LogP contribution in [0.2, 0.25) is 0 Å². The summed E-state index contributed by atoms with van der Waals surface area (Å²) in [6, 6.07) is 0. The lowest BCUT2D eigenvalue weighted by molar-refractivity contribution is 0.177. The van der Waals surface area contributed by atoms with Crippen LogP contribution in [0.4, 0.5) is 0 Å². The first kappa shape index (κ1) is 9.33. The molecule has 1 unspecified atom stereocenters. The van der Waals surface area contributed by atoms with E-state index in [0.717, 1.165) is 18.8 Å². The Morgan fingerprint density at radius 3 is 2.92 bits per heavy atom. The van der Waals surface area contributed by atoms with E-state index in [1.54, 1.807) is 0 Å². The van der Waals surface area contributed by atoms with Gasteiger partial charge in [-0.3, -0.25) is 0 Å². The van der Waals surface area contributed by atoms with Gasteiger partial charge < -0.3 is 9.47 Å². The minimum Gasteiger partial charge on any atom is -0.495 e. The molecule has 0 N–H and O–H groups in total. The van der Waals surface area contributed by atoms with Crippen LogP contribution in [0.1, 0.15) is 20.3 Å². The third-order valence-electron chi connectivity index (χ3n) is 1.68. The lowest BCUT2D eigenvalue weighted by atomic mass is 10.3. The SMILES string of the molecule is C/C=C\C=C(/CC)OCC1CO1. The van der Waals surface area contributed by atoms with Crippen molar-refractivity contribution in [2.75, 3.05) is 13.2 Å². The van der Waals surface area contributed by atoms with Gasteiger partial charge in [0.05, 0.1) is 12.4 Å². The molecule has 2 nitrogen and oxygen atoms in total. The maximum Gasteiger partial charge on any atom is 0.116 e. The summed E-state index contributed by atoms with van der Waals surface area (Å²) in [5.74, 6) is 1.03. The highest BCUT2D eigenvalue weighted by Gasteiger charge is 2.22. The molecular weight excluding hydrogens is 152 g/mol. The van der Waals surface area contributed by atoms with Gasteiger partial charge in [0.1, 0.15) is 12.7 Å². The van der Waals surface area contributed by atoms with Gasteiger partial charge in [-0.1, -0.05) is 19.1 Å². The summed E-state index contributed by atoms with van der Waals surface area (Å²) in [6.45, 7) is 5.65. The van der Waals surface area contributed by atoms with E-state index in [1.807, 2.05) is 25.2 Å². The zero-order valence-corrected chi connectivity index (χ0v) is 7.75. The van der Waals surface area contributed by atoms with Gasteiger partial charge in [0.2, 0.25) is 0 Å². The minimum atomic E-state index is 0.352. The Kier molecular flexibility index (Phi) is 3.88. The van der Waals surface area contributed by atoms with Gasteiger partial charge in [0, 0.05) is 6.42 Å². The molecule has 12 heavy (non-hydrogen) atoms. The molecule has 0 bridgehead atoms. The molecule has 0 aromatic carbocycles. The monoisotopic (exact) mass is 168 g/mol. The first-order valence-electron chi connectivity index (χ1n) is 4.43. The number of hydrogen-bond acceptors (Lipinski definition) is 2. The Labute approximate surface area is 73.9 Å². The van der Waals surface area contributed by atoms with Crippen LogP contribution in [0.15, 0.2) is 24.0 Å². The lowest BCUT2D eigenvalue weighted by Crippen LogP contribution is -2.00. The van der Waals surface area contributed by atoms with E-state index in [4.69, 9.17) is 9.47 Å². The van der Waals surface area contributed by atoms with Crippen LogP contribution in [0.3, 0.4) is 0 Å². The summed E-state index contributed by atoms with van der Waals surface area (Å²) >= 11 is 0. The molecule has 1 heterocycles. The van der Waals surface area contributed by atoms with Gasteiger partial charge in [0.15, 0.2) is 0 Å². The van der Waals surface area contributed by atoms with Gasteiger partial charge in [-0.2, -0.15) is 0 Å². The van der Waals surface area contributed by atoms with Crippen molar-refractivity contribution in [1.82, 2.24) is 0 Å². The van der Waals surface area contributed by atoms with Gasteiger partial charge in [-0.25, -0.2) is 0 Å². The van der Waals surface area contributed by atoms with Crippen molar-refractivity contribution < 1.29 is 9.47 Å². The smallest absolute Gasteiger partial charge is 0.116 e. The van der Waals surface area contributed by atoms with Gasteiger partial charge >= 0.3 is 0 Å². The normalized spacial score (nSPS) is 23.2. The molecule has 0 amide bonds. The molecule has 2 heteroatoms. The summed E-state index contributed by atoms with van der Waals surface area (Å²) in [6.07, 6.45) is 7.28. The third kappa shape index (κ3) is 3.58. The summed E-state index contributed by atoms with van der Waals surface area (Å²) in [5.41, 5.74) is 0. The van der Waals surface area contributed by atoms with Crippen molar-refractivity contribution in [3.8, 4) is 0 Å². The summed E-state index contributed by atoms with van der Waals surface area (Å²) in [7, 11) is 0. The zero-order valence-electron chi connectivity index (χ0n) is 7.75. The number of allylic oxidation sites excluding steroid dienone is 4. The molecule has 1 rings (SSSR count). The fourth-order valence-electron chi connectivity index (χ4n) is 0.836. The number of hydrogen-bond donors (Lipinski definition) is 0. The van der Waals surface area contributed by atoms with Gasteiger partial charge in [-0.15, -0.1) is 0 Å². The van der Waals surface area contributed by atoms with E-state index in [-0.39, 0.29) is 0 Å². The third-order valence-corrected chi connectivity index (χ3v) is 1.68. The maximum absolute atomic E-state index is 5.50. The Morgan fingerprint density at radius 1 is 1.67 bits per heavy atom. The van der Waals surface area contributed by atoms with Crippen molar-refractivity contribution in [1.29, 1.82) is 0 Å². The predicted molar refractivity (Wildman–Crippen MR) is 48.9 cm³/mol. The first-order chi connectivity index (χ1) is 5.86. The largest absolute Gasteiger partial charge is 0.495 e. The lowest BCUT2D eigenvalue weighted by Gasteiger charge is -2.05. The second-order valence-electron chi connectivity index (χ2n) is 2.78. The van der Waals surface area contributed by atoms with Crippen LogP contribution in [0.25, 0.3) is 0 Å². The van der Waals surface area contributed by atoms with Crippen molar-refractivity contribution >= 4 is 0 Å². The van der Waals surface area contributed by atoms with Crippen LogP contribution in [-0.2, 0) is 9.47 Å². The standard InChI is InChI=1S/C10H16O2/c1-3-5-6-9(4-2)11-7-10-8-12-10/h3,5-6,10H,4,7-8H2,1-2H3/b5-3-,9-6+. The van der Waals surface area contributed by atoms with Crippen LogP contribution in [0, 0.1) is 0 Å². The van der Waals surface area contributed by atoms with Crippen molar-refractivity contribution in [2.45, 2.75) is 26.4 Å². The summed E-state index contributed by atoms with van der Waals surface area (Å²) in [4.78, 5) is 0. The molecule has 0 saturated carbocycles. The molecular formula is C10H16O2. The maximum atomic E-state index is 5.50. The zero-order chi connectivity index (χ0) is 8.81. The second kappa shape index (κ2) is 4.99. The average Bonchev–Trinajstić information content (AvgIpc) is 2.89. The van der Waals surface area contributed by atoms with Crippen LogP contribution >= 0.6 is 0 Å². The fourth-order valence-corrected chi connectivity index (χ4v) is 0.836. The molecule has 1 aliphatic heterocycles. The van der Waals surface area contributed by atoms with Gasteiger partial charge in [0.25, 0.3) is 0 Å². The molecule has 1 fully saturated rings. The van der Waals surface area contributed by atoms with Crippen molar-refractivity contribution in [3.05, 3.63) is 24.0 Å². The molecule has 0 aliphatic carbocycles. The van der Waals surface area contributed by atoms with E-state index in [0.29, 0.717) is 12.7 Å². The van der Waals surface area contributed by atoms with E-state index >= 15 is 0 Å². The van der Waals surface area contributed by atoms with E-state index in [2.05, 4.69) is 6.92 Å². The molecule has 1 saturated heterocycles. The highest BCUT2D eigenvalue weighted by molar-refractivity contribution is 5.06. The van der Waals surface area contributed by atoms with Crippen LogP contribution < -0.4 is 0 Å². The minimum absolute atomic E-state index is 0.352. The predicted octanol–water partition coefficient (Wildman–Crippen LogP) is 2.27. The highest BCUT2D eigenvalue weighted by Crippen LogP contribution is 2.12. The van der Waals surface area contributed by atoms with Crippen molar-refractivity contribution in [3.63, 3.8) is 0 Å². The Balaban J connectivity index is 2.22. The molecule has 0 spiro atoms. The number of epoxide rings is 1. The first-order valence-corrected chi connectivity index (χ1v) is 4.43. The molecule has 0 aromatic rings.